The number of aromatic nitrogens is 1. The minimum absolute atomic E-state index is 0.137. The molecule has 102 valence electrons. The lowest BCUT2D eigenvalue weighted by molar-refractivity contribution is 0.0690. The Morgan fingerprint density at radius 3 is 2.50 bits per heavy atom. The van der Waals surface area contributed by atoms with E-state index in [0.717, 1.165) is 0 Å². The molecule has 0 unspecified atom stereocenters. The first-order valence-corrected chi connectivity index (χ1v) is 6.18. The lowest BCUT2D eigenvalue weighted by Crippen LogP contribution is -2.13. The lowest BCUT2D eigenvalue weighted by Gasteiger charge is -2.07. The highest BCUT2D eigenvalue weighted by atomic mass is 35.5. The van der Waals surface area contributed by atoms with E-state index in [1.54, 1.807) is 12.1 Å². The summed E-state index contributed by atoms with van der Waals surface area (Å²) in [5.41, 5.74) is 0.444. The number of carbonyl (C=O) groups is 2. The molecule has 2 N–H and O–H groups in total. The average molecular weight is 311 g/mol. The molecule has 0 aliphatic rings. The fraction of sp³-hybridized carbons (Fsp3) is 0. The molecule has 0 atom stereocenters. The first-order chi connectivity index (χ1) is 9.47. The monoisotopic (exact) mass is 310 g/mol. The van der Waals surface area contributed by atoms with E-state index in [1.807, 2.05) is 0 Å². The van der Waals surface area contributed by atoms with Gasteiger partial charge in [0.25, 0.3) is 5.91 Å². The molecule has 0 bridgehead atoms. The number of aromatic carboxylic acids is 1. The Hall–Kier alpha value is -2.11. The smallest absolute Gasteiger partial charge is 0.354 e. The summed E-state index contributed by atoms with van der Waals surface area (Å²) in [5, 5.41) is 12.1. The van der Waals surface area contributed by atoms with Crippen LogP contribution in [0, 0.1) is 0 Å². The van der Waals surface area contributed by atoms with Crippen molar-refractivity contribution in [3.63, 3.8) is 0 Å². The van der Waals surface area contributed by atoms with Crippen molar-refractivity contribution in [1.82, 2.24) is 4.98 Å². The van der Waals surface area contributed by atoms with Gasteiger partial charge < -0.3 is 10.4 Å². The standard InChI is InChI=1S/C13H8Cl2N2O3/c14-8-2-3-9(15)11(5-8)17-12(18)7-1-4-10(13(19)20)16-6-7/h1-6H,(H,17,18)(H,19,20). The summed E-state index contributed by atoms with van der Waals surface area (Å²) in [4.78, 5) is 26.3. The molecule has 0 aliphatic heterocycles. The minimum Gasteiger partial charge on any atom is -0.477 e. The van der Waals surface area contributed by atoms with Crippen LogP contribution in [0.5, 0.6) is 0 Å². The predicted octanol–water partition coefficient (Wildman–Crippen LogP) is 3.34. The van der Waals surface area contributed by atoms with E-state index in [-0.39, 0.29) is 11.3 Å². The summed E-state index contributed by atoms with van der Waals surface area (Å²) in [5.74, 6) is -1.62. The Morgan fingerprint density at radius 1 is 1.15 bits per heavy atom. The van der Waals surface area contributed by atoms with Gasteiger partial charge in [-0.15, -0.1) is 0 Å². The van der Waals surface area contributed by atoms with Gasteiger partial charge in [0, 0.05) is 11.2 Å². The van der Waals surface area contributed by atoms with Gasteiger partial charge in [-0.2, -0.15) is 0 Å². The predicted molar refractivity (Wildman–Crippen MR) is 75.6 cm³/mol. The van der Waals surface area contributed by atoms with Gasteiger partial charge in [-0.05, 0) is 30.3 Å². The maximum Gasteiger partial charge on any atom is 0.354 e. The molecule has 0 radical (unpaired) electrons. The molecule has 2 rings (SSSR count). The second kappa shape index (κ2) is 5.90. The van der Waals surface area contributed by atoms with Crippen LogP contribution < -0.4 is 5.32 Å². The number of anilines is 1. The maximum atomic E-state index is 12.0. The van der Waals surface area contributed by atoms with Crippen molar-refractivity contribution in [3.8, 4) is 0 Å². The van der Waals surface area contributed by atoms with E-state index in [0.29, 0.717) is 15.7 Å². The van der Waals surface area contributed by atoms with Crippen LogP contribution >= 0.6 is 23.2 Å². The Morgan fingerprint density at radius 2 is 1.90 bits per heavy atom. The van der Waals surface area contributed by atoms with Crippen LogP contribution in [0.25, 0.3) is 0 Å². The summed E-state index contributed by atoms with van der Waals surface area (Å²) in [6.07, 6.45) is 1.18. The number of benzene rings is 1. The van der Waals surface area contributed by atoms with Crippen molar-refractivity contribution in [2.24, 2.45) is 0 Å². The SMILES string of the molecule is O=C(Nc1cc(Cl)ccc1Cl)c1ccc(C(=O)O)nc1. The van der Waals surface area contributed by atoms with Gasteiger partial charge >= 0.3 is 5.97 Å². The van der Waals surface area contributed by atoms with Crippen LogP contribution in [-0.2, 0) is 0 Å². The molecule has 1 heterocycles. The highest BCUT2D eigenvalue weighted by molar-refractivity contribution is 6.35. The number of carboxylic acids is 1. The number of nitrogens with one attached hydrogen (secondary N) is 1. The largest absolute Gasteiger partial charge is 0.477 e. The Balaban J connectivity index is 2.19. The molecule has 0 spiro atoms. The van der Waals surface area contributed by atoms with Crippen LogP contribution in [0.2, 0.25) is 10.0 Å². The van der Waals surface area contributed by atoms with Gasteiger partial charge in [-0.1, -0.05) is 23.2 Å². The van der Waals surface area contributed by atoms with Crippen molar-refractivity contribution < 1.29 is 14.7 Å². The van der Waals surface area contributed by atoms with Gasteiger partial charge in [0.15, 0.2) is 0 Å². The number of carboxylic acid groups (broad SMARTS) is 1. The summed E-state index contributed by atoms with van der Waals surface area (Å²) in [6, 6.07) is 7.29. The molecule has 1 amide bonds. The molecule has 0 fully saturated rings. The normalized spacial score (nSPS) is 10.1. The fourth-order valence-electron chi connectivity index (χ4n) is 1.44. The zero-order valence-corrected chi connectivity index (χ0v) is 11.4. The molecule has 5 nitrogen and oxygen atoms in total. The van der Waals surface area contributed by atoms with Gasteiger partial charge in [-0.3, -0.25) is 4.79 Å². The molecular formula is C13H8Cl2N2O3. The van der Waals surface area contributed by atoms with Gasteiger partial charge in [0.05, 0.1) is 16.3 Å². The summed E-state index contributed by atoms with van der Waals surface area (Å²) in [6.45, 7) is 0. The third-order valence-corrected chi connectivity index (χ3v) is 2.99. The van der Waals surface area contributed by atoms with E-state index in [1.165, 1.54) is 24.4 Å². The number of nitrogens with zero attached hydrogens (tertiary/aromatic N) is 1. The number of hydrogen-bond acceptors (Lipinski definition) is 3. The van der Waals surface area contributed by atoms with Crippen molar-refractivity contribution >= 4 is 40.8 Å². The number of hydrogen-bond donors (Lipinski definition) is 2. The molecule has 2 aromatic rings. The highest BCUT2D eigenvalue weighted by Gasteiger charge is 2.11. The topological polar surface area (TPSA) is 79.3 Å². The molecule has 1 aromatic heterocycles. The number of amides is 1. The number of carbonyl (C=O) groups excluding carboxylic acids is 1. The second-order valence-corrected chi connectivity index (χ2v) is 4.66. The number of halogens is 2. The summed E-state index contributed by atoms with van der Waals surface area (Å²) in [7, 11) is 0. The molecule has 20 heavy (non-hydrogen) atoms. The molecule has 0 saturated carbocycles. The Kier molecular flexibility index (Phi) is 4.22. The average Bonchev–Trinajstić information content (AvgIpc) is 2.43. The Labute approximate surface area is 124 Å². The third kappa shape index (κ3) is 3.26. The van der Waals surface area contributed by atoms with E-state index in [4.69, 9.17) is 28.3 Å². The molecular weight excluding hydrogens is 303 g/mol. The van der Waals surface area contributed by atoms with Crippen LogP contribution in [0.3, 0.4) is 0 Å². The summed E-state index contributed by atoms with van der Waals surface area (Å²) >= 11 is 11.7. The van der Waals surface area contributed by atoms with E-state index in [2.05, 4.69) is 10.3 Å². The van der Waals surface area contributed by atoms with Gasteiger partial charge in [-0.25, -0.2) is 9.78 Å². The number of rotatable bonds is 3. The zero-order valence-electron chi connectivity index (χ0n) is 9.93. The highest BCUT2D eigenvalue weighted by Crippen LogP contribution is 2.25. The zero-order chi connectivity index (χ0) is 14.7. The lowest BCUT2D eigenvalue weighted by atomic mass is 10.2. The van der Waals surface area contributed by atoms with E-state index >= 15 is 0 Å². The molecule has 0 aliphatic carbocycles. The summed E-state index contributed by atoms with van der Waals surface area (Å²) < 4.78 is 0. The van der Waals surface area contributed by atoms with Crippen molar-refractivity contribution in [3.05, 3.63) is 57.8 Å². The fourth-order valence-corrected chi connectivity index (χ4v) is 1.78. The van der Waals surface area contributed by atoms with Crippen molar-refractivity contribution in [2.75, 3.05) is 5.32 Å². The molecule has 1 aromatic carbocycles. The van der Waals surface area contributed by atoms with E-state index in [9.17, 15) is 9.59 Å². The Bertz CT molecular complexity index is 672. The molecule has 7 heteroatoms. The minimum atomic E-state index is -1.16. The quantitative estimate of drug-likeness (QED) is 0.911. The van der Waals surface area contributed by atoms with Crippen LogP contribution in [0.4, 0.5) is 5.69 Å². The van der Waals surface area contributed by atoms with Gasteiger partial charge in [0.1, 0.15) is 5.69 Å². The maximum absolute atomic E-state index is 12.0. The third-order valence-electron chi connectivity index (χ3n) is 2.42. The van der Waals surface area contributed by atoms with Crippen molar-refractivity contribution in [1.29, 1.82) is 0 Å². The molecule has 0 saturated heterocycles. The first kappa shape index (κ1) is 14.3. The van der Waals surface area contributed by atoms with Crippen LogP contribution in [0.15, 0.2) is 36.5 Å². The number of pyridine rings is 1. The van der Waals surface area contributed by atoms with E-state index < -0.39 is 11.9 Å². The second-order valence-electron chi connectivity index (χ2n) is 3.82. The first-order valence-electron chi connectivity index (χ1n) is 5.43. The van der Waals surface area contributed by atoms with Gasteiger partial charge in [0.2, 0.25) is 0 Å². The van der Waals surface area contributed by atoms with Crippen molar-refractivity contribution in [2.45, 2.75) is 0 Å². The van der Waals surface area contributed by atoms with Crippen LogP contribution in [-0.4, -0.2) is 22.0 Å². The van der Waals surface area contributed by atoms with Crippen LogP contribution in [0.1, 0.15) is 20.8 Å².